The third-order valence-corrected chi connectivity index (χ3v) is 4.63. The number of thioether (sulfide) groups is 1. The van der Waals surface area contributed by atoms with Crippen LogP contribution in [0.1, 0.15) is 6.42 Å². The summed E-state index contributed by atoms with van der Waals surface area (Å²) in [6.07, 6.45) is 1.42. The number of ether oxygens (including phenoxy) is 1. The summed E-state index contributed by atoms with van der Waals surface area (Å²) in [7, 11) is 1.72. The van der Waals surface area contributed by atoms with Crippen LogP contribution in [0, 0.1) is 0 Å². The maximum atomic E-state index is 5.25. The second-order valence-electron chi connectivity index (χ2n) is 4.22. The number of rotatable bonds is 2. The van der Waals surface area contributed by atoms with Gasteiger partial charge in [-0.1, -0.05) is 6.07 Å². The summed E-state index contributed by atoms with van der Waals surface area (Å²) < 4.78 is 5.25. The van der Waals surface area contributed by atoms with Crippen LogP contribution in [0.5, 0.6) is 5.75 Å². The molecule has 2 nitrogen and oxygen atoms in total. The molecule has 15 heavy (non-hydrogen) atoms. The van der Waals surface area contributed by atoms with Gasteiger partial charge in [0.05, 0.1) is 7.11 Å². The molecule has 2 unspecified atom stereocenters. The predicted octanol–water partition coefficient (Wildman–Crippen LogP) is 2.39. The van der Waals surface area contributed by atoms with Gasteiger partial charge in [0.2, 0.25) is 0 Å². The summed E-state index contributed by atoms with van der Waals surface area (Å²) in [5.74, 6) is 0.958. The van der Waals surface area contributed by atoms with Gasteiger partial charge < -0.3 is 9.64 Å². The van der Waals surface area contributed by atoms with Crippen LogP contribution in [0.15, 0.2) is 24.3 Å². The van der Waals surface area contributed by atoms with Crippen LogP contribution < -0.4 is 9.64 Å². The smallest absolute Gasteiger partial charge is 0.120 e. The van der Waals surface area contributed by atoms with Gasteiger partial charge in [0.15, 0.2) is 0 Å². The predicted molar refractivity (Wildman–Crippen MR) is 65.0 cm³/mol. The molecule has 80 valence electrons. The molecule has 0 amide bonds. The van der Waals surface area contributed by atoms with Crippen molar-refractivity contribution in [2.24, 2.45) is 0 Å². The van der Waals surface area contributed by atoms with Crippen LogP contribution in [0.25, 0.3) is 0 Å². The van der Waals surface area contributed by atoms with Crippen molar-refractivity contribution < 1.29 is 4.74 Å². The zero-order valence-corrected chi connectivity index (χ0v) is 9.67. The van der Waals surface area contributed by atoms with Gasteiger partial charge in [0.1, 0.15) is 5.75 Å². The normalized spacial score (nSPS) is 28.5. The number of benzene rings is 1. The van der Waals surface area contributed by atoms with Crippen LogP contribution in [0.4, 0.5) is 5.69 Å². The van der Waals surface area contributed by atoms with Crippen molar-refractivity contribution in [3.05, 3.63) is 24.3 Å². The highest BCUT2D eigenvalue weighted by Gasteiger charge is 2.37. The highest BCUT2D eigenvalue weighted by Crippen LogP contribution is 2.43. The van der Waals surface area contributed by atoms with Gasteiger partial charge in [-0.2, -0.15) is 11.8 Å². The summed E-state index contributed by atoms with van der Waals surface area (Å²) in [5.41, 5.74) is 1.31. The van der Waals surface area contributed by atoms with E-state index in [9.17, 15) is 0 Å². The molecule has 0 saturated carbocycles. The van der Waals surface area contributed by atoms with E-state index in [4.69, 9.17) is 4.74 Å². The second-order valence-corrected chi connectivity index (χ2v) is 5.83. The quantitative estimate of drug-likeness (QED) is 0.761. The lowest BCUT2D eigenvalue weighted by molar-refractivity contribution is 0.414. The molecule has 3 aliphatic rings. The van der Waals surface area contributed by atoms with Crippen LogP contribution in [0.2, 0.25) is 0 Å². The molecule has 0 N–H and O–H groups in total. The SMILES string of the molecule is COc1cccc(N2CC3CC(C2)S3)c1. The zero-order chi connectivity index (χ0) is 10.3. The van der Waals surface area contributed by atoms with E-state index in [1.165, 1.54) is 25.2 Å². The first-order chi connectivity index (χ1) is 7.35. The maximum absolute atomic E-state index is 5.25. The molecule has 2 atom stereocenters. The molecule has 3 saturated heterocycles. The van der Waals surface area contributed by atoms with E-state index in [0.29, 0.717) is 0 Å². The van der Waals surface area contributed by atoms with Crippen molar-refractivity contribution in [2.45, 2.75) is 16.9 Å². The number of methoxy groups -OCH3 is 1. The summed E-state index contributed by atoms with van der Waals surface area (Å²) in [4.78, 5) is 2.48. The molecule has 4 rings (SSSR count). The number of fused-ring (bicyclic) bond motifs is 2. The molecule has 3 heteroatoms. The standard InChI is InChI=1S/C12H15NOS/c1-14-10-4-2-3-9(5-10)13-7-11-6-12(8-13)15-11/h2-5,11-12H,6-8H2,1H3. The van der Waals surface area contributed by atoms with Crippen molar-refractivity contribution in [3.8, 4) is 5.75 Å². The molecule has 3 fully saturated rings. The van der Waals surface area contributed by atoms with Crippen molar-refractivity contribution >= 4 is 17.4 Å². The van der Waals surface area contributed by atoms with Gasteiger partial charge in [0.25, 0.3) is 0 Å². The Labute approximate surface area is 94.6 Å². The van der Waals surface area contributed by atoms with E-state index in [2.05, 4.69) is 34.9 Å². The lowest BCUT2D eigenvalue weighted by Crippen LogP contribution is -2.51. The molecule has 1 aromatic rings. The van der Waals surface area contributed by atoms with Crippen molar-refractivity contribution in [1.82, 2.24) is 0 Å². The van der Waals surface area contributed by atoms with Crippen LogP contribution in [0.3, 0.4) is 0 Å². The molecule has 2 bridgehead atoms. The van der Waals surface area contributed by atoms with E-state index >= 15 is 0 Å². The zero-order valence-electron chi connectivity index (χ0n) is 8.85. The fourth-order valence-electron chi connectivity index (χ4n) is 2.37. The lowest BCUT2D eigenvalue weighted by atomic mass is 10.1. The largest absolute Gasteiger partial charge is 0.497 e. The fourth-order valence-corrected chi connectivity index (χ4v) is 3.78. The highest BCUT2D eigenvalue weighted by molar-refractivity contribution is 8.02. The summed E-state index contributed by atoms with van der Waals surface area (Å²) in [5, 5.41) is 1.74. The highest BCUT2D eigenvalue weighted by atomic mass is 32.2. The number of nitrogens with zero attached hydrogens (tertiary/aromatic N) is 1. The Morgan fingerprint density at radius 2 is 2.07 bits per heavy atom. The average molecular weight is 221 g/mol. The lowest BCUT2D eigenvalue weighted by Gasteiger charge is -2.47. The molecule has 3 heterocycles. The first-order valence-electron chi connectivity index (χ1n) is 5.39. The Morgan fingerprint density at radius 1 is 1.33 bits per heavy atom. The van der Waals surface area contributed by atoms with Gasteiger partial charge in [-0.15, -0.1) is 0 Å². The minimum Gasteiger partial charge on any atom is -0.497 e. The van der Waals surface area contributed by atoms with E-state index in [1.807, 2.05) is 6.07 Å². The number of hydrogen-bond donors (Lipinski definition) is 0. The Balaban J connectivity index is 1.80. The Hall–Kier alpha value is -0.830. The summed E-state index contributed by atoms with van der Waals surface area (Å²) in [6.45, 7) is 2.41. The molecule has 0 aromatic heterocycles. The summed E-state index contributed by atoms with van der Waals surface area (Å²) in [6, 6.07) is 8.39. The van der Waals surface area contributed by atoms with Gasteiger partial charge in [-0.3, -0.25) is 0 Å². The average Bonchev–Trinajstić information content (AvgIpc) is 2.28. The number of piperidine rings is 1. The van der Waals surface area contributed by atoms with E-state index in [1.54, 1.807) is 7.11 Å². The third-order valence-electron chi connectivity index (χ3n) is 3.18. The van der Waals surface area contributed by atoms with Gasteiger partial charge >= 0.3 is 0 Å². The molecule has 0 radical (unpaired) electrons. The first-order valence-corrected chi connectivity index (χ1v) is 6.34. The van der Waals surface area contributed by atoms with Gasteiger partial charge in [-0.25, -0.2) is 0 Å². The van der Waals surface area contributed by atoms with E-state index in [0.717, 1.165) is 16.2 Å². The van der Waals surface area contributed by atoms with Crippen LogP contribution in [-0.4, -0.2) is 30.7 Å². The monoisotopic (exact) mass is 221 g/mol. The Kier molecular flexibility index (Phi) is 2.28. The minimum absolute atomic E-state index is 0.870. The first kappa shape index (κ1) is 9.40. The van der Waals surface area contributed by atoms with Crippen molar-refractivity contribution in [2.75, 3.05) is 25.1 Å². The van der Waals surface area contributed by atoms with E-state index in [-0.39, 0.29) is 0 Å². The summed E-state index contributed by atoms with van der Waals surface area (Å²) >= 11 is 2.15. The van der Waals surface area contributed by atoms with Crippen molar-refractivity contribution in [1.29, 1.82) is 0 Å². The van der Waals surface area contributed by atoms with Crippen molar-refractivity contribution in [3.63, 3.8) is 0 Å². The molecular weight excluding hydrogens is 206 g/mol. The van der Waals surface area contributed by atoms with Gasteiger partial charge in [-0.05, 0) is 18.6 Å². The molecular formula is C12H15NOS. The maximum Gasteiger partial charge on any atom is 0.120 e. The molecule has 3 aliphatic heterocycles. The Bertz CT molecular complexity index is 352. The number of hydrogen-bond acceptors (Lipinski definition) is 3. The Morgan fingerprint density at radius 3 is 2.73 bits per heavy atom. The van der Waals surface area contributed by atoms with Gasteiger partial charge in [0, 0.05) is 35.3 Å². The molecule has 0 spiro atoms. The topological polar surface area (TPSA) is 12.5 Å². The molecule has 0 aliphatic carbocycles. The fraction of sp³-hybridized carbons (Fsp3) is 0.500. The van der Waals surface area contributed by atoms with Crippen LogP contribution >= 0.6 is 11.8 Å². The number of anilines is 1. The van der Waals surface area contributed by atoms with E-state index < -0.39 is 0 Å². The second kappa shape index (κ2) is 3.63. The minimum atomic E-state index is 0.870. The molecule has 1 aromatic carbocycles. The third kappa shape index (κ3) is 1.69. The van der Waals surface area contributed by atoms with Crippen LogP contribution in [-0.2, 0) is 0 Å².